The summed E-state index contributed by atoms with van der Waals surface area (Å²) in [6.45, 7) is 15.3. The van der Waals surface area contributed by atoms with Crippen molar-refractivity contribution in [3.63, 3.8) is 0 Å². The van der Waals surface area contributed by atoms with Crippen molar-refractivity contribution < 1.29 is 9.53 Å². The first-order valence-electron chi connectivity index (χ1n) is 9.85. The largest absolute Gasteiger partial charge is 0.466 e. The molecule has 0 aliphatic heterocycles. The predicted molar refractivity (Wildman–Crippen MR) is 108 cm³/mol. The monoisotopic (exact) mass is 373 g/mol. The highest BCUT2D eigenvalue weighted by molar-refractivity contribution is 5.76. The average molecular weight is 374 g/mol. The fourth-order valence-corrected chi connectivity index (χ4v) is 3.69. The minimum absolute atomic E-state index is 0.273. The van der Waals surface area contributed by atoms with Crippen LogP contribution in [0.1, 0.15) is 67.0 Å². The maximum atomic E-state index is 12.5. The Bertz CT molecular complexity index is 627. The van der Waals surface area contributed by atoms with E-state index in [1.165, 1.54) is 0 Å². The maximum absolute atomic E-state index is 12.5. The molecular formula is C22H35N3O2. The normalized spacial score (nSPS) is 14.3. The minimum atomic E-state index is -0.848. The van der Waals surface area contributed by atoms with Crippen LogP contribution in [0.2, 0.25) is 0 Å². The molecule has 0 bridgehead atoms. The Morgan fingerprint density at radius 3 is 2.33 bits per heavy atom. The number of rotatable bonds is 10. The molecule has 1 heterocycles. The smallest absolute Gasteiger partial charge is 0.311 e. The third-order valence-electron chi connectivity index (χ3n) is 5.06. The SMILES string of the molecule is CCOC(=O)C(C)(C)CC(C#N)(CCN(C(C)C)C(C)C)c1ccccn1. The molecule has 1 atom stereocenters. The molecule has 0 spiro atoms. The molecule has 5 heteroatoms. The van der Waals surface area contributed by atoms with E-state index in [2.05, 4.69) is 43.6 Å². The van der Waals surface area contributed by atoms with Gasteiger partial charge in [0.25, 0.3) is 0 Å². The van der Waals surface area contributed by atoms with Gasteiger partial charge in [0.2, 0.25) is 0 Å². The highest BCUT2D eigenvalue weighted by Gasteiger charge is 2.43. The zero-order chi connectivity index (χ0) is 20.7. The Morgan fingerprint density at radius 2 is 1.89 bits per heavy atom. The summed E-state index contributed by atoms with van der Waals surface area (Å²) in [5.41, 5.74) is -0.902. The number of nitriles is 1. The Kier molecular flexibility index (Phi) is 8.43. The fourth-order valence-electron chi connectivity index (χ4n) is 3.69. The van der Waals surface area contributed by atoms with Crippen molar-refractivity contribution in [3.05, 3.63) is 30.1 Å². The molecule has 0 aliphatic rings. The van der Waals surface area contributed by atoms with E-state index < -0.39 is 10.8 Å². The molecule has 0 aromatic carbocycles. The quantitative estimate of drug-likeness (QED) is 0.571. The first-order valence-corrected chi connectivity index (χ1v) is 9.85. The summed E-state index contributed by atoms with van der Waals surface area (Å²) < 4.78 is 5.26. The molecule has 27 heavy (non-hydrogen) atoms. The van der Waals surface area contributed by atoms with E-state index in [1.807, 2.05) is 32.0 Å². The standard InChI is InChI=1S/C22H35N3O2/c1-8-27-20(26)21(6,7)15-22(16-23,19-11-9-10-13-24-19)12-14-25(17(2)3)18(4)5/h9-11,13,17-18H,8,12,14-15H2,1-7H3. The highest BCUT2D eigenvalue weighted by atomic mass is 16.5. The van der Waals surface area contributed by atoms with Crippen LogP contribution in [0, 0.1) is 16.7 Å². The van der Waals surface area contributed by atoms with Gasteiger partial charge in [-0.15, -0.1) is 0 Å². The van der Waals surface area contributed by atoms with Gasteiger partial charge >= 0.3 is 5.97 Å². The van der Waals surface area contributed by atoms with Gasteiger partial charge in [0.05, 0.1) is 23.8 Å². The van der Waals surface area contributed by atoms with Crippen LogP contribution in [-0.2, 0) is 14.9 Å². The van der Waals surface area contributed by atoms with Gasteiger partial charge in [0, 0.05) is 24.8 Å². The van der Waals surface area contributed by atoms with Crippen LogP contribution in [0.5, 0.6) is 0 Å². The lowest BCUT2D eigenvalue weighted by Gasteiger charge is -2.37. The van der Waals surface area contributed by atoms with E-state index in [1.54, 1.807) is 13.1 Å². The van der Waals surface area contributed by atoms with Crippen molar-refractivity contribution in [3.8, 4) is 6.07 Å². The average Bonchev–Trinajstić information content (AvgIpc) is 2.61. The third kappa shape index (κ3) is 6.04. The van der Waals surface area contributed by atoms with E-state index in [0.29, 0.717) is 31.5 Å². The molecule has 1 unspecified atom stereocenters. The zero-order valence-corrected chi connectivity index (χ0v) is 18.0. The van der Waals surface area contributed by atoms with Crippen molar-refractivity contribution in [1.82, 2.24) is 9.88 Å². The lowest BCUT2D eigenvalue weighted by molar-refractivity contribution is -0.154. The van der Waals surface area contributed by atoms with Gasteiger partial charge in [0.15, 0.2) is 0 Å². The maximum Gasteiger partial charge on any atom is 0.311 e. The lowest BCUT2D eigenvalue weighted by Crippen LogP contribution is -2.43. The van der Waals surface area contributed by atoms with Crippen molar-refractivity contribution in [2.24, 2.45) is 5.41 Å². The number of hydrogen-bond acceptors (Lipinski definition) is 5. The molecule has 150 valence electrons. The molecule has 1 aromatic heterocycles. The Morgan fingerprint density at radius 1 is 1.26 bits per heavy atom. The first kappa shape index (κ1) is 23.1. The number of esters is 1. The second-order valence-corrected chi connectivity index (χ2v) is 8.37. The minimum Gasteiger partial charge on any atom is -0.466 e. The predicted octanol–water partition coefficient (Wildman–Crippen LogP) is 4.33. The number of carbonyl (C=O) groups is 1. The van der Waals surface area contributed by atoms with E-state index in [-0.39, 0.29) is 5.97 Å². The van der Waals surface area contributed by atoms with Crippen LogP contribution in [0.3, 0.4) is 0 Å². The molecule has 0 saturated heterocycles. The molecule has 0 aliphatic carbocycles. The number of ether oxygens (including phenoxy) is 1. The molecule has 1 aromatic rings. The van der Waals surface area contributed by atoms with E-state index in [9.17, 15) is 10.1 Å². The first-order chi connectivity index (χ1) is 12.6. The highest BCUT2D eigenvalue weighted by Crippen LogP contribution is 2.39. The Hall–Kier alpha value is -1.93. The summed E-state index contributed by atoms with van der Waals surface area (Å²) >= 11 is 0. The van der Waals surface area contributed by atoms with Crippen LogP contribution in [0.25, 0.3) is 0 Å². The second-order valence-electron chi connectivity index (χ2n) is 8.37. The van der Waals surface area contributed by atoms with Gasteiger partial charge < -0.3 is 4.74 Å². The summed E-state index contributed by atoms with van der Waals surface area (Å²) in [4.78, 5) is 19.3. The molecule has 0 fully saturated rings. The van der Waals surface area contributed by atoms with Gasteiger partial charge in [0.1, 0.15) is 5.41 Å². The van der Waals surface area contributed by atoms with E-state index in [0.717, 1.165) is 12.2 Å². The number of pyridine rings is 1. The second kappa shape index (κ2) is 9.85. The van der Waals surface area contributed by atoms with Crippen LogP contribution < -0.4 is 0 Å². The van der Waals surface area contributed by atoms with Crippen LogP contribution in [0.4, 0.5) is 0 Å². The summed E-state index contributed by atoms with van der Waals surface area (Å²) in [5, 5.41) is 10.2. The van der Waals surface area contributed by atoms with Gasteiger partial charge in [-0.3, -0.25) is 14.7 Å². The van der Waals surface area contributed by atoms with Crippen LogP contribution in [-0.4, -0.2) is 41.1 Å². The van der Waals surface area contributed by atoms with Crippen LogP contribution >= 0.6 is 0 Å². The summed E-state index contributed by atoms with van der Waals surface area (Å²) in [7, 11) is 0. The van der Waals surface area contributed by atoms with E-state index >= 15 is 0 Å². The van der Waals surface area contributed by atoms with Gasteiger partial charge in [-0.2, -0.15) is 5.26 Å². The van der Waals surface area contributed by atoms with Crippen molar-refractivity contribution >= 4 is 5.97 Å². The van der Waals surface area contributed by atoms with Crippen molar-refractivity contribution in [2.75, 3.05) is 13.2 Å². The molecule has 0 radical (unpaired) electrons. The van der Waals surface area contributed by atoms with Crippen LogP contribution in [0.15, 0.2) is 24.4 Å². The lowest BCUT2D eigenvalue weighted by atomic mass is 9.69. The molecule has 1 rings (SSSR count). The van der Waals surface area contributed by atoms with Crippen molar-refractivity contribution in [2.45, 2.75) is 78.8 Å². The summed E-state index contributed by atoms with van der Waals surface area (Å²) in [5.74, 6) is -0.273. The molecular weight excluding hydrogens is 338 g/mol. The molecule has 5 nitrogen and oxygen atoms in total. The molecule has 0 amide bonds. The topological polar surface area (TPSA) is 66.2 Å². The van der Waals surface area contributed by atoms with Gasteiger partial charge in [-0.05, 0) is 73.4 Å². The van der Waals surface area contributed by atoms with Gasteiger partial charge in [-0.1, -0.05) is 6.07 Å². The number of hydrogen-bond donors (Lipinski definition) is 0. The van der Waals surface area contributed by atoms with E-state index in [4.69, 9.17) is 4.74 Å². The summed E-state index contributed by atoms with van der Waals surface area (Å²) in [6, 6.07) is 8.91. The Balaban J connectivity index is 3.24. The fraction of sp³-hybridized carbons (Fsp3) is 0.682. The van der Waals surface area contributed by atoms with Crippen molar-refractivity contribution in [1.29, 1.82) is 5.26 Å². The number of aromatic nitrogens is 1. The molecule has 0 saturated carbocycles. The summed E-state index contributed by atoms with van der Waals surface area (Å²) in [6.07, 6.45) is 2.69. The van der Waals surface area contributed by atoms with Gasteiger partial charge in [-0.25, -0.2) is 0 Å². The third-order valence-corrected chi connectivity index (χ3v) is 5.06. The molecule has 0 N–H and O–H groups in total. The number of nitrogens with zero attached hydrogens (tertiary/aromatic N) is 3. The number of carbonyl (C=O) groups excluding carboxylic acids is 1. The Labute approximate surface area is 164 Å². The zero-order valence-electron chi connectivity index (χ0n) is 18.0.